The molecule has 9 N–H and O–H groups in total. The quantitative estimate of drug-likeness (QED) is 0.321. The number of aliphatic hydroxyl groups is 1. The lowest BCUT2D eigenvalue weighted by Gasteiger charge is -2.15. The van der Waals surface area contributed by atoms with E-state index in [0.29, 0.717) is 29.3 Å². The largest absolute Gasteiger partial charge is 0.396 e. The number of aromatic nitrogens is 4. The summed E-state index contributed by atoms with van der Waals surface area (Å²) in [4.78, 5) is 19.4. The molecule has 0 fully saturated rings. The van der Waals surface area contributed by atoms with E-state index in [4.69, 9.17) is 22.3 Å². The number of fused-ring (bicyclic) bond motifs is 1. The molecule has 11 nitrogen and oxygen atoms in total. The Bertz CT molecular complexity index is 924. The second-order valence-electron chi connectivity index (χ2n) is 5.24. The molecule has 11 heteroatoms. The maximum Gasteiger partial charge on any atom is 0.180 e. The molecule has 0 saturated heterocycles. The maximum atomic E-state index is 10.9. The zero-order chi connectivity index (χ0) is 18.0. The first-order valence-electron chi connectivity index (χ1n) is 7.27. The first kappa shape index (κ1) is 16.3. The summed E-state index contributed by atoms with van der Waals surface area (Å²) in [5.74, 6) is 0.846. The van der Waals surface area contributed by atoms with Crippen LogP contribution in [-0.2, 0) is 4.79 Å². The van der Waals surface area contributed by atoms with Crippen molar-refractivity contribution in [3.63, 3.8) is 0 Å². The predicted molar refractivity (Wildman–Crippen MR) is 94.3 cm³/mol. The van der Waals surface area contributed by atoms with Crippen LogP contribution in [0.2, 0.25) is 0 Å². The molecular weight excluding hydrogens is 326 g/mol. The van der Waals surface area contributed by atoms with Gasteiger partial charge in [-0.15, -0.1) is 0 Å². The number of rotatable bonds is 6. The third-order valence-electron chi connectivity index (χ3n) is 3.41. The summed E-state index contributed by atoms with van der Waals surface area (Å²) in [6.07, 6.45) is 3.78. The monoisotopic (exact) mass is 343 g/mol. The van der Waals surface area contributed by atoms with Crippen molar-refractivity contribution in [2.75, 3.05) is 34.4 Å². The van der Waals surface area contributed by atoms with Gasteiger partial charge in [0.15, 0.2) is 17.3 Å². The van der Waals surface area contributed by atoms with E-state index in [1.165, 1.54) is 6.07 Å². The van der Waals surface area contributed by atoms with Crippen molar-refractivity contribution in [2.45, 2.75) is 6.04 Å². The number of nitrogens with one attached hydrogen (secondary N) is 2. The minimum atomic E-state index is -0.829. The third-order valence-corrected chi connectivity index (χ3v) is 3.41. The Morgan fingerprint density at radius 3 is 2.72 bits per heavy atom. The van der Waals surface area contributed by atoms with E-state index in [0.717, 1.165) is 0 Å². The van der Waals surface area contributed by atoms with Crippen molar-refractivity contribution < 1.29 is 9.90 Å². The number of hydrogen-bond acceptors (Lipinski definition) is 10. The maximum absolute atomic E-state index is 10.9. The average Bonchev–Trinajstić information content (AvgIpc) is 2.98. The Morgan fingerprint density at radius 2 is 2.00 bits per heavy atom. The van der Waals surface area contributed by atoms with Gasteiger partial charge in [0.1, 0.15) is 23.8 Å². The Morgan fingerprint density at radius 1 is 1.24 bits per heavy atom. The first-order valence-corrected chi connectivity index (χ1v) is 7.27. The molecule has 0 aliphatic carbocycles. The minimum absolute atomic E-state index is 0.215. The summed E-state index contributed by atoms with van der Waals surface area (Å²) in [5.41, 5.74) is 19.1. The van der Waals surface area contributed by atoms with Gasteiger partial charge in [0.05, 0.1) is 24.2 Å². The van der Waals surface area contributed by atoms with E-state index in [9.17, 15) is 4.79 Å². The molecule has 3 aromatic rings. The van der Waals surface area contributed by atoms with Crippen LogP contribution < -0.4 is 27.8 Å². The molecule has 3 heterocycles. The highest BCUT2D eigenvalue weighted by Gasteiger charge is 2.14. The lowest BCUT2D eigenvalue weighted by atomic mass is 10.3. The average molecular weight is 343 g/mol. The van der Waals surface area contributed by atoms with E-state index in [1.807, 2.05) is 0 Å². The van der Waals surface area contributed by atoms with Gasteiger partial charge in [-0.25, -0.2) is 14.5 Å². The summed E-state index contributed by atoms with van der Waals surface area (Å²) in [6.45, 7) is -0.394. The number of pyridine rings is 1. The molecule has 25 heavy (non-hydrogen) atoms. The van der Waals surface area contributed by atoms with Crippen molar-refractivity contribution in [2.24, 2.45) is 0 Å². The molecule has 0 aliphatic rings. The van der Waals surface area contributed by atoms with Crippen LogP contribution in [0.5, 0.6) is 0 Å². The van der Waals surface area contributed by atoms with E-state index in [-0.39, 0.29) is 17.2 Å². The van der Waals surface area contributed by atoms with Gasteiger partial charge in [-0.1, -0.05) is 0 Å². The van der Waals surface area contributed by atoms with Crippen molar-refractivity contribution in [3.8, 4) is 0 Å². The Balaban J connectivity index is 1.96. The number of aldehydes is 1. The molecule has 1 atom stereocenters. The number of carbonyl (C=O) groups is 1. The number of hydrogen-bond donors (Lipinski definition) is 6. The number of nitrogen functional groups attached to an aromatic ring is 3. The Hall–Kier alpha value is -3.60. The standard InChI is InChI=1S/C14H17N9O2/c15-8-3-9(16)13(22-12(8)19-7(5-24)6-25)20-10-4-18-23-2-1-11(17)21-14(10)23/h1-5,7,25H,6,15-16H2,(H2,17,21)(H2,19,20,22). The Kier molecular flexibility index (Phi) is 4.22. The number of nitrogens with two attached hydrogens (primary N) is 3. The topological polar surface area (TPSA) is 182 Å². The van der Waals surface area contributed by atoms with Gasteiger partial charge >= 0.3 is 0 Å². The molecular formula is C14H17N9O2. The second kappa shape index (κ2) is 6.49. The summed E-state index contributed by atoms with van der Waals surface area (Å²) in [6, 6.07) is 2.28. The fourth-order valence-corrected chi connectivity index (χ4v) is 2.16. The van der Waals surface area contributed by atoms with Gasteiger partial charge in [0, 0.05) is 6.20 Å². The smallest absolute Gasteiger partial charge is 0.180 e. The van der Waals surface area contributed by atoms with Crippen molar-refractivity contribution in [1.82, 2.24) is 19.6 Å². The van der Waals surface area contributed by atoms with Crippen LogP contribution in [0.3, 0.4) is 0 Å². The van der Waals surface area contributed by atoms with Gasteiger partial charge < -0.3 is 37.7 Å². The number of anilines is 6. The summed E-state index contributed by atoms with van der Waals surface area (Å²) in [7, 11) is 0. The number of nitrogens with zero attached hydrogens (tertiary/aromatic N) is 4. The zero-order valence-corrected chi connectivity index (χ0v) is 13.0. The highest BCUT2D eigenvalue weighted by atomic mass is 16.3. The van der Waals surface area contributed by atoms with E-state index in [2.05, 4.69) is 25.7 Å². The van der Waals surface area contributed by atoms with Crippen LogP contribution in [-0.4, -0.2) is 43.6 Å². The van der Waals surface area contributed by atoms with E-state index in [1.54, 1.807) is 23.0 Å². The molecule has 0 spiro atoms. The molecule has 3 rings (SSSR count). The molecule has 3 aromatic heterocycles. The lowest BCUT2D eigenvalue weighted by Crippen LogP contribution is -2.26. The molecule has 0 radical (unpaired) electrons. The van der Waals surface area contributed by atoms with Crippen LogP contribution in [0.4, 0.5) is 34.5 Å². The third kappa shape index (κ3) is 3.21. The van der Waals surface area contributed by atoms with Gasteiger partial charge in [-0.2, -0.15) is 5.10 Å². The number of carbonyl (C=O) groups excluding carboxylic acids is 1. The van der Waals surface area contributed by atoms with Crippen molar-refractivity contribution in [1.29, 1.82) is 0 Å². The van der Waals surface area contributed by atoms with Crippen LogP contribution in [0.25, 0.3) is 5.65 Å². The molecule has 1 unspecified atom stereocenters. The predicted octanol–water partition coefficient (Wildman–Crippen LogP) is -0.414. The van der Waals surface area contributed by atoms with Gasteiger partial charge in [-0.3, -0.25) is 0 Å². The van der Waals surface area contributed by atoms with E-state index >= 15 is 0 Å². The lowest BCUT2D eigenvalue weighted by molar-refractivity contribution is -0.109. The van der Waals surface area contributed by atoms with E-state index < -0.39 is 12.6 Å². The fourth-order valence-electron chi connectivity index (χ4n) is 2.16. The van der Waals surface area contributed by atoms with Crippen LogP contribution >= 0.6 is 0 Å². The van der Waals surface area contributed by atoms with Gasteiger partial charge in [0.2, 0.25) is 0 Å². The normalized spacial score (nSPS) is 12.0. The second-order valence-corrected chi connectivity index (χ2v) is 5.24. The summed E-state index contributed by atoms with van der Waals surface area (Å²) >= 11 is 0. The zero-order valence-electron chi connectivity index (χ0n) is 13.0. The van der Waals surface area contributed by atoms with Crippen molar-refractivity contribution in [3.05, 3.63) is 24.5 Å². The SMILES string of the molecule is Nc1ccn2ncc(Nc3nc(NC(C=O)CO)c(N)cc3N)c2n1. The molecule has 0 saturated carbocycles. The summed E-state index contributed by atoms with van der Waals surface area (Å²) in [5, 5.41) is 19.0. The molecule has 0 amide bonds. The fraction of sp³-hybridized carbons (Fsp3) is 0.143. The van der Waals surface area contributed by atoms with Crippen LogP contribution in [0.1, 0.15) is 0 Å². The molecule has 0 aromatic carbocycles. The van der Waals surface area contributed by atoms with Gasteiger partial charge in [0.25, 0.3) is 0 Å². The minimum Gasteiger partial charge on any atom is -0.396 e. The first-order chi connectivity index (χ1) is 12.0. The van der Waals surface area contributed by atoms with Crippen LogP contribution in [0, 0.1) is 0 Å². The number of aliphatic hydroxyl groups excluding tert-OH is 1. The Labute approximate surface area is 141 Å². The molecule has 0 bridgehead atoms. The molecule has 0 aliphatic heterocycles. The van der Waals surface area contributed by atoms with Crippen LogP contribution in [0.15, 0.2) is 24.5 Å². The van der Waals surface area contributed by atoms with Crippen molar-refractivity contribution >= 4 is 46.4 Å². The highest BCUT2D eigenvalue weighted by Crippen LogP contribution is 2.29. The van der Waals surface area contributed by atoms with Gasteiger partial charge in [-0.05, 0) is 12.1 Å². The highest BCUT2D eigenvalue weighted by molar-refractivity contribution is 5.82. The molecule has 130 valence electrons. The summed E-state index contributed by atoms with van der Waals surface area (Å²) < 4.78 is 1.54.